The van der Waals surface area contributed by atoms with Crippen LogP contribution in [0.3, 0.4) is 0 Å². The number of carbonyl (C=O) groups excluding carboxylic acids is 1. The van der Waals surface area contributed by atoms with Gasteiger partial charge in [-0.15, -0.1) is 0 Å². The van der Waals surface area contributed by atoms with Crippen molar-refractivity contribution < 1.29 is 4.79 Å². The number of aromatic nitrogens is 1. The zero-order valence-electron chi connectivity index (χ0n) is 10.3. The maximum atomic E-state index is 12.0. The quantitative estimate of drug-likeness (QED) is 0.789. The van der Waals surface area contributed by atoms with E-state index in [4.69, 9.17) is 17.3 Å². The standard InChI is InChI=1S/C12H17ClN4O/c1-17-4-2-9(3-5-17)15-12(18)8-6-10(13)16-11(14)7-8/h6-7,9H,2-5H2,1H3,(H2,14,16)(H,15,18). The molecule has 0 aromatic carbocycles. The number of rotatable bonds is 2. The Balaban J connectivity index is 1.99. The van der Waals surface area contributed by atoms with Crippen LogP contribution >= 0.6 is 11.6 Å². The number of piperidine rings is 1. The van der Waals surface area contributed by atoms with Crippen molar-refractivity contribution in [3.8, 4) is 0 Å². The normalized spacial score (nSPS) is 17.7. The van der Waals surface area contributed by atoms with E-state index in [1.165, 1.54) is 12.1 Å². The number of nitrogen functional groups attached to an aromatic ring is 1. The topological polar surface area (TPSA) is 71.2 Å². The van der Waals surface area contributed by atoms with E-state index in [9.17, 15) is 4.79 Å². The van der Waals surface area contributed by atoms with Crippen LogP contribution in [0.5, 0.6) is 0 Å². The van der Waals surface area contributed by atoms with Gasteiger partial charge in [0.2, 0.25) is 0 Å². The summed E-state index contributed by atoms with van der Waals surface area (Å²) in [6, 6.07) is 3.29. The van der Waals surface area contributed by atoms with Crippen molar-refractivity contribution in [1.82, 2.24) is 15.2 Å². The fraction of sp³-hybridized carbons (Fsp3) is 0.500. The number of amides is 1. The number of hydrogen-bond donors (Lipinski definition) is 2. The highest BCUT2D eigenvalue weighted by Gasteiger charge is 2.19. The van der Waals surface area contributed by atoms with Gasteiger partial charge in [0.1, 0.15) is 11.0 Å². The predicted molar refractivity (Wildman–Crippen MR) is 71.6 cm³/mol. The summed E-state index contributed by atoms with van der Waals surface area (Å²) in [4.78, 5) is 18.1. The lowest BCUT2D eigenvalue weighted by Crippen LogP contribution is -2.43. The molecule has 2 rings (SSSR count). The van der Waals surface area contributed by atoms with Crippen LogP contribution < -0.4 is 11.1 Å². The van der Waals surface area contributed by atoms with Gasteiger partial charge in [0.25, 0.3) is 5.91 Å². The summed E-state index contributed by atoms with van der Waals surface area (Å²) < 4.78 is 0. The van der Waals surface area contributed by atoms with E-state index in [2.05, 4.69) is 22.2 Å². The Morgan fingerprint density at radius 1 is 1.50 bits per heavy atom. The third-order valence-corrected chi connectivity index (χ3v) is 3.32. The Morgan fingerprint density at radius 3 is 2.78 bits per heavy atom. The van der Waals surface area contributed by atoms with Gasteiger partial charge < -0.3 is 16.0 Å². The Morgan fingerprint density at radius 2 is 2.17 bits per heavy atom. The Hall–Kier alpha value is -1.33. The lowest BCUT2D eigenvalue weighted by Gasteiger charge is -2.29. The highest BCUT2D eigenvalue weighted by molar-refractivity contribution is 6.29. The summed E-state index contributed by atoms with van der Waals surface area (Å²) in [7, 11) is 2.08. The molecule has 0 saturated carbocycles. The molecule has 5 nitrogen and oxygen atoms in total. The molecule has 98 valence electrons. The maximum absolute atomic E-state index is 12.0. The van der Waals surface area contributed by atoms with Crippen LogP contribution in [0, 0.1) is 0 Å². The van der Waals surface area contributed by atoms with Crippen molar-refractivity contribution in [3.05, 3.63) is 22.8 Å². The van der Waals surface area contributed by atoms with Gasteiger partial charge >= 0.3 is 0 Å². The van der Waals surface area contributed by atoms with E-state index in [1.54, 1.807) is 0 Å². The van der Waals surface area contributed by atoms with Gasteiger partial charge in [-0.1, -0.05) is 11.6 Å². The highest BCUT2D eigenvalue weighted by Crippen LogP contribution is 2.14. The number of nitrogens with two attached hydrogens (primary N) is 1. The van der Waals surface area contributed by atoms with Crippen LogP contribution in [-0.2, 0) is 0 Å². The molecule has 0 spiro atoms. The molecule has 1 saturated heterocycles. The lowest BCUT2D eigenvalue weighted by atomic mass is 10.1. The number of hydrogen-bond acceptors (Lipinski definition) is 4. The number of carbonyl (C=O) groups is 1. The van der Waals surface area contributed by atoms with E-state index >= 15 is 0 Å². The molecule has 1 aromatic heterocycles. The first-order valence-electron chi connectivity index (χ1n) is 5.97. The second-order valence-electron chi connectivity index (χ2n) is 4.65. The first-order chi connectivity index (χ1) is 8.54. The maximum Gasteiger partial charge on any atom is 0.251 e. The molecule has 18 heavy (non-hydrogen) atoms. The van der Waals surface area contributed by atoms with Crippen LogP contribution in [0.4, 0.5) is 5.82 Å². The van der Waals surface area contributed by atoms with Gasteiger partial charge in [-0.25, -0.2) is 4.98 Å². The smallest absolute Gasteiger partial charge is 0.251 e. The van der Waals surface area contributed by atoms with Crippen molar-refractivity contribution in [2.45, 2.75) is 18.9 Å². The van der Waals surface area contributed by atoms with Crippen LogP contribution in [0.15, 0.2) is 12.1 Å². The Labute approximate surface area is 111 Å². The Bertz CT molecular complexity index is 423. The summed E-state index contributed by atoms with van der Waals surface area (Å²) in [6.07, 6.45) is 1.94. The van der Waals surface area contributed by atoms with Gasteiger partial charge in [0, 0.05) is 11.6 Å². The van der Waals surface area contributed by atoms with E-state index in [0.29, 0.717) is 5.56 Å². The van der Waals surface area contributed by atoms with E-state index in [0.717, 1.165) is 25.9 Å². The van der Waals surface area contributed by atoms with Crippen molar-refractivity contribution in [2.75, 3.05) is 25.9 Å². The summed E-state index contributed by atoms with van der Waals surface area (Å²) in [5.41, 5.74) is 6.03. The summed E-state index contributed by atoms with van der Waals surface area (Å²) in [5, 5.41) is 3.24. The number of nitrogens with one attached hydrogen (secondary N) is 1. The zero-order valence-corrected chi connectivity index (χ0v) is 11.1. The van der Waals surface area contributed by atoms with Crippen molar-refractivity contribution in [2.24, 2.45) is 0 Å². The van der Waals surface area contributed by atoms with Crippen molar-refractivity contribution >= 4 is 23.3 Å². The first-order valence-corrected chi connectivity index (χ1v) is 6.35. The first kappa shape index (κ1) is 13.1. The molecule has 1 aromatic rings. The minimum absolute atomic E-state index is 0.138. The SMILES string of the molecule is CN1CCC(NC(=O)c2cc(N)nc(Cl)c2)CC1. The zero-order chi connectivity index (χ0) is 13.1. The van der Waals surface area contributed by atoms with Gasteiger partial charge in [0.05, 0.1) is 0 Å². The number of anilines is 1. The number of nitrogens with zero attached hydrogens (tertiary/aromatic N) is 2. The molecular formula is C12H17ClN4O. The van der Waals surface area contributed by atoms with E-state index in [1.807, 2.05) is 0 Å². The number of halogens is 1. The molecule has 0 aliphatic carbocycles. The van der Waals surface area contributed by atoms with Gasteiger partial charge in [-0.3, -0.25) is 4.79 Å². The largest absolute Gasteiger partial charge is 0.384 e. The van der Waals surface area contributed by atoms with E-state index in [-0.39, 0.29) is 22.9 Å². The third-order valence-electron chi connectivity index (χ3n) is 3.13. The second kappa shape index (κ2) is 5.54. The minimum Gasteiger partial charge on any atom is -0.384 e. The fourth-order valence-corrected chi connectivity index (χ4v) is 2.29. The second-order valence-corrected chi connectivity index (χ2v) is 5.04. The molecule has 0 radical (unpaired) electrons. The molecule has 0 bridgehead atoms. The molecule has 0 unspecified atom stereocenters. The molecule has 3 N–H and O–H groups in total. The van der Waals surface area contributed by atoms with Crippen LogP contribution in [-0.4, -0.2) is 42.0 Å². The molecule has 1 aliphatic heterocycles. The monoisotopic (exact) mass is 268 g/mol. The van der Waals surface area contributed by atoms with Crippen LogP contribution in [0.1, 0.15) is 23.2 Å². The fourth-order valence-electron chi connectivity index (χ4n) is 2.07. The van der Waals surface area contributed by atoms with Gasteiger partial charge in [0.15, 0.2) is 0 Å². The van der Waals surface area contributed by atoms with Crippen molar-refractivity contribution in [1.29, 1.82) is 0 Å². The van der Waals surface area contributed by atoms with Crippen LogP contribution in [0.2, 0.25) is 5.15 Å². The predicted octanol–water partition coefficient (Wildman–Crippen LogP) is 1.14. The average molecular weight is 269 g/mol. The lowest BCUT2D eigenvalue weighted by molar-refractivity contribution is 0.0917. The number of pyridine rings is 1. The molecule has 1 aliphatic rings. The molecule has 1 amide bonds. The highest BCUT2D eigenvalue weighted by atomic mass is 35.5. The number of likely N-dealkylation sites (tertiary alicyclic amines) is 1. The molecule has 6 heteroatoms. The minimum atomic E-state index is -0.138. The Kier molecular flexibility index (Phi) is 4.04. The molecule has 2 heterocycles. The average Bonchev–Trinajstić information content (AvgIpc) is 2.31. The summed E-state index contributed by atoms with van der Waals surface area (Å²) in [5.74, 6) is 0.122. The van der Waals surface area contributed by atoms with Gasteiger partial charge in [-0.05, 0) is 45.1 Å². The summed E-state index contributed by atoms with van der Waals surface area (Å²) >= 11 is 5.78. The molecule has 1 fully saturated rings. The molecule has 0 atom stereocenters. The van der Waals surface area contributed by atoms with Crippen molar-refractivity contribution in [3.63, 3.8) is 0 Å². The summed E-state index contributed by atoms with van der Waals surface area (Å²) in [6.45, 7) is 2.01. The van der Waals surface area contributed by atoms with Gasteiger partial charge in [-0.2, -0.15) is 0 Å². The van der Waals surface area contributed by atoms with E-state index < -0.39 is 0 Å². The third kappa shape index (κ3) is 3.34. The molecular weight excluding hydrogens is 252 g/mol. The van der Waals surface area contributed by atoms with Crippen LogP contribution in [0.25, 0.3) is 0 Å².